The number of hydrogen-bond acceptors (Lipinski definition) is 4. The molecule has 0 saturated heterocycles. The molecule has 0 aliphatic heterocycles. The molecule has 0 spiro atoms. The van der Waals surface area contributed by atoms with E-state index in [9.17, 15) is 9.59 Å². The Morgan fingerprint density at radius 3 is 2.53 bits per heavy atom. The molecule has 0 heterocycles. The highest BCUT2D eigenvalue weighted by molar-refractivity contribution is 5.89. The number of amides is 2. The van der Waals surface area contributed by atoms with Gasteiger partial charge >= 0.3 is 12.0 Å². The van der Waals surface area contributed by atoms with Crippen molar-refractivity contribution in [2.75, 3.05) is 31.8 Å². The zero-order valence-electron chi connectivity index (χ0n) is 11.2. The van der Waals surface area contributed by atoms with Crippen molar-refractivity contribution in [1.82, 2.24) is 4.90 Å². The molecule has 19 heavy (non-hydrogen) atoms. The minimum absolute atomic E-state index is 0.227. The number of nitrogens with one attached hydrogen (secondary N) is 1. The molecule has 1 rings (SSSR count). The number of urea groups is 1. The number of methoxy groups -OCH3 is 1. The average Bonchev–Trinajstić information content (AvgIpc) is 2.40. The monoisotopic (exact) mass is 265 g/mol. The summed E-state index contributed by atoms with van der Waals surface area (Å²) in [5.41, 5.74) is 6.88. The molecule has 0 aliphatic carbocycles. The fourth-order valence-corrected chi connectivity index (χ4v) is 1.45. The summed E-state index contributed by atoms with van der Waals surface area (Å²) in [5, 5.41) is 2.74. The molecule has 6 heteroatoms. The van der Waals surface area contributed by atoms with Crippen LogP contribution in [0.5, 0.6) is 0 Å². The molecule has 0 unspecified atom stereocenters. The maximum Gasteiger partial charge on any atom is 0.321 e. The Labute approximate surface area is 112 Å². The van der Waals surface area contributed by atoms with Crippen molar-refractivity contribution in [1.29, 1.82) is 0 Å². The van der Waals surface area contributed by atoms with E-state index < -0.39 is 0 Å². The summed E-state index contributed by atoms with van der Waals surface area (Å²) >= 11 is 0. The summed E-state index contributed by atoms with van der Waals surface area (Å²) in [6.45, 7) is 0.482. The molecule has 0 aliphatic rings. The molecule has 0 saturated carbocycles. The van der Waals surface area contributed by atoms with Gasteiger partial charge in [0.05, 0.1) is 7.11 Å². The fraction of sp³-hybridized carbons (Fsp3) is 0.385. The lowest BCUT2D eigenvalue weighted by Crippen LogP contribution is -2.32. The number of rotatable bonds is 5. The van der Waals surface area contributed by atoms with E-state index in [4.69, 9.17) is 5.73 Å². The molecule has 0 aromatic heterocycles. The van der Waals surface area contributed by atoms with E-state index in [1.807, 2.05) is 0 Å². The van der Waals surface area contributed by atoms with Crippen LogP contribution < -0.4 is 11.1 Å². The number of esters is 1. The summed E-state index contributed by atoms with van der Waals surface area (Å²) in [5.74, 6) is -0.271. The molecule has 2 amide bonds. The van der Waals surface area contributed by atoms with Crippen molar-refractivity contribution in [3.8, 4) is 0 Å². The van der Waals surface area contributed by atoms with Crippen molar-refractivity contribution in [2.24, 2.45) is 0 Å². The summed E-state index contributed by atoms with van der Waals surface area (Å²) in [6, 6.07) is 6.67. The molecule has 1 aromatic carbocycles. The summed E-state index contributed by atoms with van der Waals surface area (Å²) < 4.78 is 4.53. The van der Waals surface area contributed by atoms with Crippen molar-refractivity contribution < 1.29 is 14.3 Å². The zero-order chi connectivity index (χ0) is 14.3. The topological polar surface area (TPSA) is 84.7 Å². The van der Waals surface area contributed by atoms with E-state index in [0.717, 1.165) is 0 Å². The first-order valence-corrected chi connectivity index (χ1v) is 5.97. The van der Waals surface area contributed by atoms with Crippen molar-refractivity contribution in [3.63, 3.8) is 0 Å². The van der Waals surface area contributed by atoms with Crippen LogP contribution in [-0.2, 0) is 9.53 Å². The van der Waals surface area contributed by atoms with Gasteiger partial charge < -0.3 is 20.7 Å². The van der Waals surface area contributed by atoms with Crippen LogP contribution in [0.15, 0.2) is 24.3 Å². The van der Waals surface area contributed by atoms with E-state index >= 15 is 0 Å². The Hall–Kier alpha value is -2.24. The number of carbonyl (C=O) groups excluding carboxylic acids is 2. The smallest absolute Gasteiger partial charge is 0.321 e. The number of nitrogen functional groups attached to an aromatic ring is 1. The van der Waals surface area contributed by atoms with Gasteiger partial charge in [0.1, 0.15) is 0 Å². The number of nitrogens with two attached hydrogens (primary N) is 1. The lowest BCUT2D eigenvalue weighted by molar-refractivity contribution is -0.140. The van der Waals surface area contributed by atoms with Gasteiger partial charge in [0.15, 0.2) is 0 Å². The predicted octanol–water partition coefficient (Wildman–Crippen LogP) is 1.69. The Bertz CT molecular complexity index is 431. The van der Waals surface area contributed by atoms with Crippen molar-refractivity contribution in [3.05, 3.63) is 24.3 Å². The average molecular weight is 265 g/mol. The quantitative estimate of drug-likeness (QED) is 0.626. The predicted molar refractivity (Wildman–Crippen MR) is 73.8 cm³/mol. The SMILES string of the molecule is COC(=O)CCCN(C)C(=O)Nc1ccc(N)cc1. The highest BCUT2D eigenvalue weighted by Crippen LogP contribution is 2.11. The van der Waals surface area contributed by atoms with Crippen LogP contribution in [0.1, 0.15) is 12.8 Å². The number of anilines is 2. The molecule has 3 N–H and O–H groups in total. The van der Waals surface area contributed by atoms with Crippen LogP contribution in [-0.4, -0.2) is 37.6 Å². The molecule has 6 nitrogen and oxygen atoms in total. The van der Waals surface area contributed by atoms with E-state index in [0.29, 0.717) is 30.8 Å². The van der Waals surface area contributed by atoms with E-state index in [2.05, 4.69) is 10.1 Å². The molecule has 0 radical (unpaired) electrons. The Balaban J connectivity index is 2.36. The van der Waals surface area contributed by atoms with E-state index in [1.54, 1.807) is 31.3 Å². The van der Waals surface area contributed by atoms with Gasteiger partial charge in [-0.05, 0) is 30.7 Å². The van der Waals surface area contributed by atoms with Crippen LogP contribution in [0.25, 0.3) is 0 Å². The maximum absolute atomic E-state index is 11.8. The van der Waals surface area contributed by atoms with Crippen LogP contribution >= 0.6 is 0 Å². The Morgan fingerprint density at radius 1 is 1.32 bits per heavy atom. The first kappa shape index (κ1) is 14.8. The van der Waals surface area contributed by atoms with Crippen LogP contribution in [0.4, 0.5) is 16.2 Å². The van der Waals surface area contributed by atoms with Crippen molar-refractivity contribution >= 4 is 23.4 Å². The largest absolute Gasteiger partial charge is 0.469 e. The summed E-state index contributed by atoms with van der Waals surface area (Å²) in [6.07, 6.45) is 0.869. The number of hydrogen-bond donors (Lipinski definition) is 2. The van der Waals surface area contributed by atoms with Gasteiger partial charge in [-0.3, -0.25) is 4.79 Å². The van der Waals surface area contributed by atoms with E-state index in [-0.39, 0.29) is 12.0 Å². The van der Waals surface area contributed by atoms with Gasteiger partial charge in [-0.1, -0.05) is 0 Å². The minimum atomic E-state index is -0.271. The number of ether oxygens (including phenoxy) is 1. The van der Waals surface area contributed by atoms with E-state index in [1.165, 1.54) is 12.0 Å². The standard InChI is InChI=1S/C13H19N3O3/c1-16(9-3-4-12(17)19-2)13(18)15-11-7-5-10(14)6-8-11/h5-8H,3-4,9,14H2,1-2H3,(H,15,18). The van der Waals surface area contributed by atoms with Gasteiger partial charge in [0.25, 0.3) is 0 Å². The second kappa shape index (κ2) is 7.25. The first-order valence-electron chi connectivity index (χ1n) is 5.97. The molecule has 104 valence electrons. The first-order chi connectivity index (χ1) is 9.02. The van der Waals surface area contributed by atoms with Gasteiger partial charge in [-0.15, -0.1) is 0 Å². The third-order valence-corrected chi connectivity index (χ3v) is 2.61. The maximum atomic E-state index is 11.8. The molecule has 0 fully saturated rings. The molecular formula is C13H19N3O3. The molecular weight excluding hydrogens is 246 g/mol. The lowest BCUT2D eigenvalue weighted by atomic mass is 10.3. The minimum Gasteiger partial charge on any atom is -0.469 e. The van der Waals surface area contributed by atoms with Gasteiger partial charge in [-0.2, -0.15) is 0 Å². The zero-order valence-corrected chi connectivity index (χ0v) is 11.2. The number of carbonyl (C=O) groups is 2. The van der Waals surface area contributed by atoms with Gasteiger partial charge in [-0.25, -0.2) is 4.79 Å². The normalized spacial score (nSPS) is 9.79. The third kappa shape index (κ3) is 5.29. The fourth-order valence-electron chi connectivity index (χ4n) is 1.45. The number of nitrogens with zero attached hydrogens (tertiary/aromatic N) is 1. The highest BCUT2D eigenvalue weighted by atomic mass is 16.5. The van der Waals surface area contributed by atoms with Crippen LogP contribution in [0, 0.1) is 0 Å². The highest BCUT2D eigenvalue weighted by Gasteiger charge is 2.09. The Kier molecular flexibility index (Phi) is 5.66. The van der Waals surface area contributed by atoms with Crippen LogP contribution in [0.3, 0.4) is 0 Å². The molecule has 0 atom stereocenters. The third-order valence-electron chi connectivity index (χ3n) is 2.61. The van der Waals surface area contributed by atoms with Crippen LogP contribution in [0.2, 0.25) is 0 Å². The second-order valence-electron chi connectivity index (χ2n) is 4.15. The van der Waals surface area contributed by atoms with Crippen molar-refractivity contribution in [2.45, 2.75) is 12.8 Å². The molecule has 0 bridgehead atoms. The second-order valence-corrected chi connectivity index (χ2v) is 4.15. The lowest BCUT2D eigenvalue weighted by Gasteiger charge is -2.17. The summed E-state index contributed by atoms with van der Waals surface area (Å²) in [4.78, 5) is 24.3. The summed E-state index contributed by atoms with van der Waals surface area (Å²) in [7, 11) is 3.02. The number of benzene rings is 1. The van der Waals surface area contributed by atoms with Gasteiger partial charge in [0.2, 0.25) is 0 Å². The molecule has 1 aromatic rings. The van der Waals surface area contributed by atoms with Gasteiger partial charge in [0, 0.05) is 31.4 Å². The Morgan fingerprint density at radius 2 is 1.95 bits per heavy atom.